The number of hydrogen-bond donors (Lipinski definition) is 4. The van der Waals surface area contributed by atoms with Crippen LogP contribution in [-0.4, -0.2) is 35.2 Å². The molecule has 1 fully saturated rings. The highest BCUT2D eigenvalue weighted by Crippen LogP contribution is 2.27. The van der Waals surface area contributed by atoms with Crippen LogP contribution < -0.4 is 15.7 Å². The lowest BCUT2D eigenvalue weighted by Gasteiger charge is -2.26. The lowest BCUT2D eigenvalue weighted by molar-refractivity contribution is -0.129. The lowest BCUT2D eigenvalue weighted by atomic mass is 9.89. The van der Waals surface area contributed by atoms with Crippen molar-refractivity contribution in [3.8, 4) is 11.1 Å². The zero-order chi connectivity index (χ0) is 25.2. The van der Waals surface area contributed by atoms with Gasteiger partial charge in [-0.2, -0.15) is 0 Å². The molecular weight excluding hydrogens is 452 g/mol. The molecule has 4 rings (SSSR count). The Hall–Kier alpha value is -3.32. The Morgan fingerprint density at radius 1 is 0.917 bits per heavy atom. The molecule has 192 valence electrons. The topological polar surface area (TPSA) is 97.5 Å². The van der Waals surface area contributed by atoms with Crippen molar-refractivity contribution < 1.29 is 14.8 Å². The number of carbonyl (C=O) groups is 2. The summed E-state index contributed by atoms with van der Waals surface area (Å²) in [6.45, 7) is 1.36. The predicted octanol–water partition coefficient (Wildman–Crippen LogP) is 6.39. The van der Waals surface area contributed by atoms with Gasteiger partial charge in [0.25, 0.3) is 0 Å². The molecule has 1 aromatic heterocycles. The van der Waals surface area contributed by atoms with E-state index in [1.165, 1.54) is 37.5 Å². The summed E-state index contributed by atoms with van der Waals surface area (Å²) in [7, 11) is 0. The first-order valence-electron chi connectivity index (χ1n) is 13.3. The van der Waals surface area contributed by atoms with Crippen LogP contribution in [0, 0.1) is 5.92 Å². The van der Waals surface area contributed by atoms with Crippen LogP contribution >= 0.6 is 0 Å². The van der Waals surface area contributed by atoms with E-state index in [0.29, 0.717) is 18.9 Å². The molecule has 4 N–H and O–H groups in total. The van der Waals surface area contributed by atoms with Crippen LogP contribution in [0.4, 0.5) is 10.5 Å². The Kier molecular flexibility index (Phi) is 9.39. The molecule has 0 bridgehead atoms. The number of hydroxylamine groups is 1. The second kappa shape index (κ2) is 13.1. The summed E-state index contributed by atoms with van der Waals surface area (Å²) < 4.78 is 0. The number of fused-ring (bicyclic) bond motifs is 1. The van der Waals surface area contributed by atoms with Gasteiger partial charge in [-0.15, -0.1) is 0 Å². The highest BCUT2D eigenvalue weighted by atomic mass is 16.5. The zero-order valence-electron chi connectivity index (χ0n) is 21.0. The van der Waals surface area contributed by atoms with E-state index in [0.717, 1.165) is 54.6 Å². The summed E-state index contributed by atoms with van der Waals surface area (Å²) in [6.07, 6.45) is 11.8. The third kappa shape index (κ3) is 7.10. The van der Waals surface area contributed by atoms with E-state index in [-0.39, 0.29) is 11.9 Å². The largest absolute Gasteiger partial charge is 0.361 e. The molecule has 1 heterocycles. The van der Waals surface area contributed by atoms with Gasteiger partial charge in [0.1, 0.15) is 0 Å². The minimum absolute atomic E-state index is 0.0409. The Balaban J connectivity index is 1.39. The first-order valence-corrected chi connectivity index (χ1v) is 13.3. The Bertz CT molecular complexity index is 1120. The summed E-state index contributed by atoms with van der Waals surface area (Å²) in [5.41, 5.74) is 5.92. The van der Waals surface area contributed by atoms with Gasteiger partial charge in [-0.25, -0.2) is 10.3 Å². The Morgan fingerprint density at radius 3 is 2.44 bits per heavy atom. The molecule has 1 aliphatic carbocycles. The molecule has 3 aromatic rings. The van der Waals surface area contributed by atoms with Crippen molar-refractivity contribution >= 4 is 28.5 Å². The van der Waals surface area contributed by atoms with Gasteiger partial charge in [-0.05, 0) is 72.4 Å². The number of rotatable bonds is 11. The maximum atomic E-state index is 13.2. The highest BCUT2D eigenvalue weighted by molar-refractivity contribution is 5.92. The molecule has 2 aromatic carbocycles. The lowest BCUT2D eigenvalue weighted by Crippen LogP contribution is -2.42. The zero-order valence-corrected chi connectivity index (χ0v) is 21.0. The van der Waals surface area contributed by atoms with E-state index >= 15 is 0 Å². The van der Waals surface area contributed by atoms with E-state index in [1.54, 1.807) is 5.48 Å². The summed E-state index contributed by atoms with van der Waals surface area (Å²) in [6, 6.07) is 16.6. The number of benzene rings is 2. The first-order chi connectivity index (χ1) is 17.6. The minimum atomic E-state index is -0.353. The van der Waals surface area contributed by atoms with E-state index in [4.69, 9.17) is 5.21 Å². The predicted molar refractivity (Wildman–Crippen MR) is 144 cm³/mol. The number of carbonyl (C=O) groups excluding carboxylic acids is 2. The second-order valence-electron chi connectivity index (χ2n) is 9.87. The Morgan fingerprint density at radius 2 is 1.67 bits per heavy atom. The molecule has 3 amide bonds. The first kappa shape index (κ1) is 25.8. The van der Waals surface area contributed by atoms with Crippen LogP contribution in [0.1, 0.15) is 64.2 Å². The minimum Gasteiger partial charge on any atom is -0.361 e. The number of hydrogen-bond acceptors (Lipinski definition) is 3. The van der Waals surface area contributed by atoms with Crippen molar-refractivity contribution in [2.24, 2.45) is 5.92 Å². The van der Waals surface area contributed by atoms with E-state index in [9.17, 15) is 9.59 Å². The fourth-order valence-electron chi connectivity index (χ4n) is 5.09. The number of aromatic nitrogens is 1. The summed E-state index contributed by atoms with van der Waals surface area (Å²) >= 11 is 0. The van der Waals surface area contributed by atoms with Crippen LogP contribution in [0.5, 0.6) is 0 Å². The van der Waals surface area contributed by atoms with Gasteiger partial charge >= 0.3 is 6.03 Å². The number of anilines is 1. The van der Waals surface area contributed by atoms with Gasteiger partial charge in [-0.3, -0.25) is 14.9 Å². The molecule has 0 saturated heterocycles. The number of urea groups is 1. The number of aromatic amines is 1. The molecule has 7 heteroatoms. The number of unbranched alkanes of at least 4 members (excludes halogenated alkanes) is 3. The van der Waals surface area contributed by atoms with Crippen molar-refractivity contribution in [2.75, 3.05) is 18.0 Å². The average molecular weight is 491 g/mol. The molecule has 0 aliphatic heterocycles. The number of nitrogens with one attached hydrogen (secondary N) is 3. The van der Waals surface area contributed by atoms with Crippen LogP contribution in [0.25, 0.3) is 22.0 Å². The molecule has 1 saturated carbocycles. The SMILES string of the molecule is O=C(CCCCCCN(C(=O)NCC1CCCCC1)c1ccc(-c2ccc3cc[nH]c3c2)cc1)NO. The number of nitrogens with zero attached hydrogens (tertiary/aromatic N) is 1. The quantitative estimate of drug-likeness (QED) is 0.142. The van der Waals surface area contributed by atoms with Gasteiger partial charge in [0.2, 0.25) is 5.91 Å². The number of H-pyrrole nitrogens is 1. The molecular formula is C29H38N4O3. The fraction of sp³-hybridized carbons (Fsp3) is 0.448. The number of amides is 3. The van der Waals surface area contributed by atoms with Crippen molar-refractivity contribution in [1.82, 2.24) is 15.8 Å². The van der Waals surface area contributed by atoms with Crippen LogP contribution in [0.3, 0.4) is 0 Å². The molecule has 0 spiro atoms. The summed E-state index contributed by atoms with van der Waals surface area (Å²) in [5.74, 6) is 0.224. The summed E-state index contributed by atoms with van der Waals surface area (Å²) in [4.78, 5) is 29.5. The molecule has 36 heavy (non-hydrogen) atoms. The van der Waals surface area contributed by atoms with Crippen molar-refractivity contribution in [2.45, 2.75) is 64.2 Å². The normalized spacial score (nSPS) is 14.0. The van der Waals surface area contributed by atoms with Crippen molar-refractivity contribution in [3.63, 3.8) is 0 Å². The van der Waals surface area contributed by atoms with Gasteiger partial charge in [0, 0.05) is 36.9 Å². The monoisotopic (exact) mass is 490 g/mol. The van der Waals surface area contributed by atoms with Crippen LogP contribution in [0.15, 0.2) is 54.7 Å². The standard InChI is InChI=1S/C29H38N4O3/c34-28(32-36)10-6-1-2-7-19-33(29(35)31-21-22-8-4-3-5-9-22)26-15-13-23(14-16-26)25-12-11-24-17-18-30-27(24)20-25/h11-18,20,22,30,36H,1-10,19,21H2,(H,31,35)(H,32,34). The fourth-order valence-corrected chi connectivity index (χ4v) is 5.09. The van der Waals surface area contributed by atoms with Gasteiger partial charge in [0.05, 0.1) is 0 Å². The van der Waals surface area contributed by atoms with E-state index in [1.807, 2.05) is 23.2 Å². The highest BCUT2D eigenvalue weighted by Gasteiger charge is 2.19. The maximum Gasteiger partial charge on any atom is 0.321 e. The van der Waals surface area contributed by atoms with E-state index < -0.39 is 0 Å². The molecule has 0 radical (unpaired) electrons. The average Bonchev–Trinajstić information content (AvgIpc) is 3.40. The molecule has 0 atom stereocenters. The molecule has 1 aliphatic rings. The van der Waals surface area contributed by atoms with Gasteiger partial charge < -0.3 is 10.3 Å². The molecule has 7 nitrogen and oxygen atoms in total. The summed E-state index contributed by atoms with van der Waals surface area (Å²) in [5, 5.41) is 13.0. The third-order valence-electron chi connectivity index (χ3n) is 7.24. The smallest absolute Gasteiger partial charge is 0.321 e. The van der Waals surface area contributed by atoms with Crippen LogP contribution in [-0.2, 0) is 4.79 Å². The van der Waals surface area contributed by atoms with E-state index in [2.05, 4.69) is 46.7 Å². The Labute approximate surface area is 213 Å². The van der Waals surface area contributed by atoms with Gasteiger partial charge in [0.15, 0.2) is 0 Å². The van der Waals surface area contributed by atoms with Crippen LogP contribution in [0.2, 0.25) is 0 Å². The maximum absolute atomic E-state index is 13.2. The van der Waals surface area contributed by atoms with Crippen molar-refractivity contribution in [3.05, 3.63) is 54.7 Å². The second-order valence-corrected chi connectivity index (χ2v) is 9.87. The molecule has 0 unspecified atom stereocenters. The van der Waals surface area contributed by atoms with Gasteiger partial charge in [-0.1, -0.05) is 56.4 Å². The third-order valence-corrected chi connectivity index (χ3v) is 7.24. The van der Waals surface area contributed by atoms with Crippen molar-refractivity contribution in [1.29, 1.82) is 0 Å².